The average Bonchev–Trinajstić information content (AvgIpc) is 2.95. The van der Waals surface area contributed by atoms with Gasteiger partial charge in [-0.25, -0.2) is 0 Å². The monoisotopic (exact) mass is 262 g/mol. The lowest BCUT2D eigenvalue weighted by atomic mass is 9.87. The number of nitrogens with one attached hydrogen (secondary N) is 1. The van der Waals surface area contributed by atoms with Crippen molar-refractivity contribution in [1.29, 1.82) is 0 Å². The largest absolute Gasteiger partial charge is 0.309 e. The van der Waals surface area contributed by atoms with Gasteiger partial charge in [-0.1, -0.05) is 12.8 Å². The molecule has 1 saturated heterocycles. The summed E-state index contributed by atoms with van der Waals surface area (Å²) in [6.07, 6.45) is 7.47. The van der Waals surface area contributed by atoms with Crippen LogP contribution in [0.1, 0.15) is 45.2 Å². The molecule has 4 heteroatoms. The lowest BCUT2D eigenvalue weighted by molar-refractivity contribution is 0.0112. The molecular formula is C15H26N4. The lowest BCUT2D eigenvalue weighted by Crippen LogP contribution is -2.67. The zero-order valence-electron chi connectivity index (χ0n) is 12.4. The molecular weight excluding hydrogens is 236 g/mol. The average molecular weight is 262 g/mol. The smallest absolute Gasteiger partial charge is 0.0764 e. The van der Waals surface area contributed by atoms with Gasteiger partial charge < -0.3 is 5.32 Å². The van der Waals surface area contributed by atoms with E-state index in [1.807, 2.05) is 17.9 Å². The zero-order chi connectivity index (χ0) is 13.5. The lowest BCUT2D eigenvalue weighted by Gasteiger charge is -2.51. The fourth-order valence-corrected chi connectivity index (χ4v) is 3.71. The van der Waals surface area contributed by atoms with Gasteiger partial charge in [-0.15, -0.1) is 0 Å². The number of hydrogen-bond donors (Lipinski definition) is 1. The Hall–Kier alpha value is -0.870. The van der Waals surface area contributed by atoms with E-state index in [1.165, 1.54) is 31.4 Å². The molecule has 2 fully saturated rings. The summed E-state index contributed by atoms with van der Waals surface area (Å²) >= 11 is 0. The predicted octanol–water partition coefficient (Wildman–Crippen LogP) is 1.92. The molecule has 0 bridgehead atoms. The van der Waals surface area contributed by atoms with E-state index in [2.05, 4.69) is 35.2 Å². The Morgan fingerprint density at radius 2 is 2.05 bits per heavy atom. The van der Waals surface area contributed by atoms with Gasteiger partial charge >= 0.3 is 0 Å². The summed E-state index contributed by atoms with van der Waals surface area (Å²) in [4.78, 5) is 2.69. The summed E-state index contributed by atoms with van der Waals surface area (Å²) in [5.41, 5.74) is 1.79. The van der Waals surface area contributed by atoms with E-state index in [0.717, 1.165) is 19.6 Å². The molecule has 19 heavy (non-hydrogen) atoms. The summed E-state index contributed by atoms with van der Waals surface area (Å²) in [5.74, 6) is 0. The molecule has 0 atom stereocenters. The van der Waals surface area contributed by atoms with Crippen molar-refractivity contribution in [3.63, 3.8) is 0 Å². The third kappa shape index (κ3) is 2.56. The first-order valence-electron chi connectivity index (χ1n) is 7.48. The number of aromatic nitrogens is 2. The minimum absolute atomic E-state index is 0.211. The molecule has 1 aromatic rings. The summed E-state index contributed by atoms with van der Waals surface area (Å²) < 4.78 is 1.91. The third-order valence-electron chi connectivity index (χ3n) is 4.81. The van der Waals surface area contributed by atoms with Crippen molar-refractivity contribution >= 4 is 0 Å². The van der Waals surface area contributed by atoms with Crippen LogP contribution >= 0.6 is 0 Å². The Morgan fingerprint density at radius 3 is 2.68 bits per heavy atom. The van der Waals surface area contributed by atoms with Gasteiger partial charge in [-0.3, -0.25) is 9.58 Å². The van der Waals surface area contributed by atoms with Crippen LogP contribution in [-0.4, -0.2) is 38.8 Å². The van der Waals surface area contributed by atoms with E-state index >= 15 is 0 Å². The molecule has 3 rings (SSSR count). The second kappa shape index (κ2) is 4.60. The Labute approximate surface area is 116 Å². The standard InChI is InChI=1S/C15H26N4/c1-14(2)12-19(10-13-6-9-18(3)17-13)15(11-16-14)7-4-5-8-15/h6,9,16H,4-5,7-8,10-12H2,1-3H3. The maximum absolute atomic E-state index is 4.56. The van der Waals surface area contributed by atoms with Gasteiger partial charge in [0.05, 0.1) is 5.69 Å². The van der Waals surface area contributed by atoms with Crippen LogP contribution in [0.15, 0.2) is 12.3 Å². The number of hydrogen-bond acceptors (Lipinski definition) is 3. The van der Waals surface area contributed by atoms with E-state index in [0.29, 0.717) is 5.54 Å². The molecule has 1 spiro atoms. The topological polar surface area (TPSA) is 33.1 Å². The molecule has 106 valence electrons. The van der Waals surface area contributed by atoms with Crippen LogP contribution in [0.25, 0.3) is 0 Å². The molecule has 0 radical (unpaired) electrons. The van der Waals surface area contributed by atoms with Gasteiger partial charge in [0.15, 0.2) is 0 Å². The molecule has 0 amide bonds. The van der Waals surface area contributed by atoms with Gasteiger partial charge in [0.25, 0.3) is 0 Å². The predicted molar refractivity (Wildman–Crippen MR) is 76.9 cm³/mol. The van der Waals surface area contributed by atoms with Crippen molar-refractivity contribution in [2.45, 2.75) is 57.2 Å². The summed E-state index contributed by atoms with van der Waals surface area (Å²) in [6, 6.07) is 2.15. The quantitative estimate of drug-likeness (QED) is 0.884. The molecule has 1 N–H and O–H groups in total. The first kappa shape index (κ1) is 13.1. The second-order valence-electron chi connectivity index (χ2n) is 7.01. The molecule has 1 aromatic heterocycles. The summed E-state index contributed by atoms with van der Waals surface area (Å²) in [6.45, 7) is 7.85. The minimum atomic E-state index is 0.211. The van der Waals surface area contributed by atoms with Crippen LogP contribution in [-0.2, 0) is 13.6 Å². The second-order valence-corrected chi connectivity index (χ2v) is 7.01. The van der Waals surface area contributed by atoms with Gasteiger partial charge in [0, 0.05) is 44.0 Å². The van der Waals surface area contributed by atoms with Crippen molar-refractivity contribution in [3.8, 4) is 0 Å². The molecule has 0 aromatic carbocycles. The minimum Gasteiger partial charge on any atom is -0.309 e. The summed E-state index contributed by atoms with van der Waals surface area (Å²) in [7, 11) is 2.00. The van der Waals surface area contributed by atoms with Gasteiger partial charge in [-0.2, -0.15) is 5.10 Å². The fraction of sp³-hybridized carbons (Fsp3) is 0.800. The van der Waals surface area contributed by atoms with Crippen LogP contribution in [0.4, 0.5) is 0 Å². The maximum Gasteiger partial charge on any atom is 0.0764 e. The molecule has 2 aliphatic rings. The van der Waals surface area contributed by atoms with Crippen LogP contribution in [0.3, 0.4) is 0 Å². The Bertz CT molecular complexity index is 443. The maximum atomic E-state index is 4.56. The Balaban J connectivity index is 1.81. The van der Waals surface area contributed by atoms with E-state index in [-0.39, 0.29) is 5.54 Å². The van der Waals surface area contributed by atoms with Crippen molar-refractivity contribution in [1.82, 2.24) is 20.0 Å². The van der Waals surface area contributed by atoms with Crippen molar-refractivity contribution in [2.24, 2.45) is 7.05 Å². The van der Waals surface area contributed by atoms with Crippen molar-refractivity contribution in [2.75, 3.05) is 13.1 Å². The normalized spacial score (nSPS) is 26.1. The third-order valence-corrected chi connectivity index (χ3v) is 4.81. The Morgan fingerprint density at radius 1 is 1.32 bits per heavy atom. The Kier molecular flexibility index (Phi) is 3.18. The van der Waals surface area contributed by atoms with E-state index < -0.39 is 0 Å². The van der Waals surface area contributed by atoms with E-state index in [1.54, 1.807) is 0 Å². The zero-order valence-corrected chi connectivity index (χ0v) is 12.4. The SMILES string of the molecule is Cn1ccc(CN2CC(C)(C)NCC23CCCC3)n1. The number of piperazine rings is 1. The highest BCUT2D eigenvalue weighted by molar-refractivity contribution is 5.08. The van der Waals surface area contributed by atoms with Crippen LogP contribution in [0.5, 0.6) is 0 Å². The number of rotatable bonds is 2. The van der Waals surface area contributed by atoms with Crippen LogP contribution in [0.2, 0.25) is 0 Å². The van der Waals surface area contributed by atoms with Gasteiger partial charge in [-0.05, 0) is 32.8 Å². The fourth-order valence-electron chi connectivity index (χ4n) is 3.71. The molecule has 2 heterocycles. The first-order valence-corrected chi connectivity index (χ1v) is 7.48. The van der Waals surface area contributed by atoms with E-state index in [4.69, 9.17) is 0 Å². The van der Waals surface area contributed by atoms with Gasteiger partial charge in [0.1, 0.15) is 0 Å². The van der Waals surface area contributed by atoms with Gasteiger partial charge in [0.2, 0.25) is 0 Å². The first-order chi connectivity index (χ1) is 8.99. The molecule has 1 aliphatic carbocycles. The molecule has 1 saturated carbocycles. The number of nitrogens with zero attached hydrogens (tertiary/aromatic N) is 3. The molecule has 0 unspecified atom stereocenters. The highest BCUT2D eigenvalue weighted by Crippen LogP contribution is 2.39. The van der Waals surface area contributed by atoms with Crippen LogP contribution in [0, 0.1) is 0 Å². The summed E-state index contributed by atoms with van der Waals surface area (Å²) in [5, 5.41) is 8.31. The molecule has 4 nitrogen and oxygen atoms in total. The van der Waals surface area contributed by atoms with Crippen molar-refractivity contribution in [3.05, 3.63) is 18.0 Å². The highest BCUT2D eigenvalue weighted by Gasteiger charge is 2.45. The van der Waals surface area contributed by atoms with Crippen LogP contribution < -0.4 is 5.32 Å². The highest BCUT2D eigenvalue weighted by atomic mass is 15.3. The number of aryl methyl sites for hydroxylation is 1. The van der Waals surface area contributed by atoms with E-state index in [9.17, 15) is 0 Å². The van der Waals surface area contributed by atoms with Crippen molar-refractivity contribution < 1.29 is 0 Å². The molecule has 1 aliphatic heterocycles.